The maximum absolute atomic E-state index is 12.4. The van der Waals surface area contributed by atoms with Crippen molar-refractivity contribution in [2.45, 2.75) is 91.1 Å². The van der Waals surface area contributed by atoms with E-state index in [2.05, 4.69) is 60.7 Å². The summed E-state index contributed by atoms with van der Waals surface area (Å²) in [6.07, 6.45) is 7.51. The van der Waals surface area contributed by atoms with Crippen molar-refractivity contribution in [2.75, 3.05) is 13.9 Å². The first kappa shape index (κ1) is 25.2. The van der Waals surface area contributed by atoms with E-state index in [4.69, 9.17) is 13.9 Å². The molecular formula is C21H40O4Si. The van der Waals surface area contributed by atoms with E-state index in [1.807, 2.05) is 6.08 Å². The van der Waals surface area contributed by atoms with Gasteiger partial charge in [-0.3, -0.25) is 4.79 Å². The van der Waals surface area contributed by atoms with Crippen LogP contribution < -0.4 is 0 Å². The third-order valence-corrected chi connectivity index (χ3v) is 9.34. The molecule has 0 bridgehead atoms. The summed E-state index contributed by atoms with van der Waals surface area (Å²) < 4.78 is 16.8. The van der Waals surface area contributed by atoms with E-state index in [1.165, 1.54) is 5.57 Å². The molecule has 0 N–H and O–H groups in total. The molecule has 0 aliphatic rings. The Morgan fingerprint density at radius 2 is 1.81 bits per heavy atom. The van der Waals surface area contributed by atoms with Crippen LogP contribution in [0.5, 0.6) is 0 Å². The Morgan fingerprint density at radius 1 is 1.19 bits per heavy atom. The van der Waals surface area contributed by atoms with Gasteiger partial charge in [-0.2, -0.15) is 0 Å². The Hall–Kier alpha value is -0.753. The SMILES string of the molecule is COCO[C@@H](CCC=C(C)C)C(=O)/C=C/C[C@H](C)O[Si](C)(C)C(C)(C)C. The lowest BCUT2D eigenvalue weighted by Gasteiger charge is -2.38. The van der Waals surface area contributed by atoms with Gasteiger partial charge in [-0.1, -0.05) is 38.5 Å². The zero-order valence-corrected chi connectivity index (χ0v) is 19.3. The molecule has 0 aromatic heterocycles. The minimum Gasteiger partial charge on any atom is -0.414 e. The van der Waals surface area contributed by atoms with Crippen molar-refractivity contribution in [2.24, 2.45) is 0 Å². The van der Waals surface area contributed by atoms with E-state index in [9.17, 15) is 4.79 Å². The Morgan fingerprint density at radius 3 is 2.31 bits per heavy atom. The zero-order valence-electron chi connectivity index (χ0n) is 18.3. The van der Waals surface area contributed by atoms with Gasteiger partial charge in [-0.05, 0) is 64.2 Å². The number of hydrogen-bond donors (Lipinski definition) is 0. The number of rotatable bonds is 12. The minimum absolute atomic E-state index is 0.0104. The fraction of sp³-hybridized carbons (Fsp3) is 0.762. The van der Waals surface area contributed by atoms with Crippen molar-refractivity contribution >= 4 is 14.1 Å². The molecule has 0 aliphatic carbocycles. The summed E-state index contributed by atoms with van der Waals surface area (Å²) in [7, 11) is -0.217. The molecule has 0 aromatic carbocycles. The lowest BCUT2D eigenvalue weighted by atomic mass is 10.1. The van der Waals surface area contributed by atoms with E-state index in [0.717, 1.165) is 12.8 Å². The second-order valence-electron chi connectivity index (χ2n) is 8.65. The van der Waals surface area contributed by atoms with Crippen LogP contribution in [0, 0.1) is 0 Å². The Labute approximate surface area is 162 Å². The number of ketones is 1. The van der Waals surface area contributed by atoms with Crippen LogP contribution in [-0.4, -0.2) is 40.2 Å². The standard InChI is InChI=1S/C21H40O4Si/c1-17(2)12-10-15-20(24-16-23-7)19(22)14-11-13-18(3)25-26(8,9)21(4,5)6/h11-12,14,18,20H,10,13,15-16H2,1-9H3/b14-11+/t18-,20-/m0/s1. The van der Waals surface area contributed by atoms with E-state index >= 15 is 0 Å². The first-order valence-electron chi connectivity index (χ1n) is 9.52. The van der Waals surface area contributed by atoms with Crippen LogP contribution in [0.4, 0.5) is 0 Å². The summed E-state index contributed by atoms with van der Waals surface area (Å²) in [6.45, 7) is 17.5. The second-order valence-corrected chi connectivity index (χ2v) is 13.4. The summed E-state index contributed by atoms with van der Waals surface area (Å²) >= 11 is 0. The predicted molar refractivity (Wildman–Crippen MR) is 112 cm³/mol. The normalized spacial score (nSPS) is 15.1. The number of ether oxygens (including phenoxy) is 2. The summed E-state index contributed by atoms with van der Waals surface area (Å²) in [4.78, 5) is 12.4. The third kappa shape index (κ3) is 10.4. The highest BCUT2D eigenvalue weighted by Crippen LogP contribution is 2.37. The van der Waals surface area contributed by atoms with Gasteiger partial charge in [0.15, 0.2) is 14.1 Å². The van der Waals surface area contributed by atoms with Gasteiger partial charge >= 0.3 is 0 Å². The smallest absolute Gasteiger partial charge is 0.192 e. The lowest BCUT2D eigenvalue weighted by molar-refractivity contribution is -0.135. The predicted octanol–water partition coefficient (Wildman–Crippen LogP) is 5.65. The molecule has 0 heterocycles. The minimum atomic E-state index is -1.78. The van der Waals surface area contributed by atoms with Gasteiger partial charge in [0.25, 0.3) is 0 Å². The van der Waals surface area contributed by atoms with E-state index in [-0.39, 0.29) is 23.7 Å². The molecule has 0 radical (unpaired) electrons. The van der Waals surface area contributed by atoms with E-state index in [1.54, 1.807) is 13.2 Å². The van der Waals surface area contributed by atoms with Gasteiger partial charge in [-0.25, -0.2) is 0 Å². The summed E-state index contributed by atoms with van der Waals surface area (Å²) in [5.41, 5.74) is 1.25. The molecule has 0 fully saturated rings. The highest BCUT2D eigenvalue weighted by atomic mass is 28.4. The summed E-state index contributed by atoms with van der Waals surface area (Å²) in [5, 5.41) is 0.185. The van der Waals surface area contributed by atoms with Crippen molar-refractivity contribution in [1.29, 1.82) is 0 Å². The van der Waals surface area contributed by atoms with Gasteiger partial charge in [0, 0.05) is 13.2 Å². The molecular weight excluding hydrogens is 344 g/mol. The number of hydrogen-bond acceptors (Lipinski definition) is 4. The molecule has 0 aliphatic heterocycles. The monoisotopic (exact) mass is 384 g/mol. The molecule has 4 nitrogen and oxygen atoms in total. The van der Waals surface area contributed by atoms with Gasteiger partial charge in [0.1, 0.15) is 12.9 Å². The van der Waals surface area contributed by atoms with Gasteiger partial charge in [0.2, 0.25) is 0 Å². The molecule has 0 spiro atoms. The quantitative estimate of drug-likeness (QED) is 0.189. The first-order chi connectivity index (χ1) is 11.9. The average molecular weight is 385 g/mol. The van der Waals surface area contributed by atoms with Gasteiger partial charge in [-0.15, -0.1) is 0 Å². The van der Waals surface area contributed by atoms with E-state index in [0.29, 0.717) is 6.42 Å². The van der Waals surface area contributed by atoms with Crippen LogP contribution in [0.1, 0.15) is 60.8 Å². The number of allylic oxidation sites excluding steroid dienone is 2. The second kappa shape index (κ2) is 11.9. The van der Waals surface area contributed by atoms with Crippen LogP contribution in [0.15, 0.2) is 23.8 Å². The van der Waals surface area contributed by atoms with Gasteiger partial charge < -0.3 is 13.9 Å². The van der Waals surface area contributed by atoms with Crippen molar-refractivity contribution in [3.63, 3.8) is 0 Å². The fourth-order valence-electron chi connectivity index (χ4n) is 2.19. The fourth-order valence-corrected chi connectivity index (χ4v) is 3.65. The molecule has 26 heavy (non-hydrogen) atoms. The average Bonchev–Trinajstić information content (AvgIpc) is 2.48. The summed E-state index contributed by atoms with van der Waals surface area (Å²) in [5.74, 6) is -0.0104. The van der Waals surface area contributed by atoms with Crippen molar-refractivity contribution in [1.82, 2.24) is 0 Å². The maximum atomic E-state index is 12.4. The highest BCUT2D eigenvalue weighted by molar-refractivity contribution is 6.74. The molecule has 0 unspecified atom stereocenters. The molecule has 0 rings (SSSR count). The van der Waals surface area contributed by atoms with Crippen LogP contribution in [0.3, 0.4) is 0 Å². The number of carbonyl (C=O) groups is 1. The van der Waals surface area contributed by atoms with Crippen molar-refractivity contribution in [3.8, 4) is 0 Å². The molecule has 5 heteroatoms. The Balaban J connectivity index is 4.64. The molecule has 0 saturated heterocycles. The summed E-state index contributed by atoms with van der Waals surface area (Å²) in [6, 6.07) is 0. The maximum Gasteiger partial charge on any atom is 0.192 e. The topological polar surface area (TPSA) is 44.8 Å². The first-order valence-corrected chi connectivity index (χ1v) is 12.4. The van der Waals surface area contributed by atoms with Crippen LogP contribution >= 0.6 is 0 Å². The van der Waals surface area contributed by atoms with Crippen molar-refractivity contribution < 1.29 is 18.7 Å². The Bertz CT molecular complexity index is 471. The molecule has 0 aromatic rings. The largest absolute Gasteiger partial charge is 0.414 e. The number of carbonyl (C=O) groups excluding carboxylic acids is 1. The zero-order chi connectivity index (χ0) is 20.4. The highest BCUT2D eigenvalue weighted by Gasteiger charge is 2.38. The van der Waals surface area contributed by atoms with E-state index < -0.39 is 14.4 Å². The molecule has 2 atom stereocenters. The lowest BCUT2D eigenvalue weighted by Crippen LogP contribution is -2.43. The molecule has 152 valence electrons. The van der Waals surface area contributed by atoms with Gasteiger partial charge in [0.05, 0.1) is 0 Å². The third-order valence-electron chi connectivity index (χ3n) is 4.74. The molecule has 0 amide bonds. The number of methoxy groups -OCH3 is 1. The van der Waals surface area contributed by atoms with Crippen molar-refractivity contribution in [3.05, 3.63) is 23.8 Å². The Kier molecular flexibility index (Phi) is 11.5. The molecule has 0 saturated carbocycles. The van der Waals surface area contributed by atoms with Crippen LogP contribution in [-0.2, 0) is 18.7 Å². The van der Waals surface area contributed by atoms with Crippen LogP contribution in [0.25, 0.3) is 0 Å². The van der Waals surface area contributed by atoms with Crippen LogP contribution in [0.2, 0.25) is 18.1 Å².